The Bertz CT molecular complexity index is 429. The van der Waals surface area contributed by atoms with Crippen LogP contribution < -0.4 is 5.32 Å². The van der Waals surface area contributed by atoms with Gasteiger partial charge in [-0.2, -0.15) is 0 Å². The van der Waals surface area contributed by atoms with Gasteiger partial charge in [-0.25, -0.2) is 4.79 Å². The second-order valence-electron chi connectivity index (χ2n) is 2.69. The van der Waals surface area contributed by atoms with E-state index in [1.165, 1.54) is 18.2 Å². The maximum atomic E-state index is 10.9. The average Bonchev–Trinajstić information content (AvgIpc) is 2.20. The molecule has 1 rings (SSSR count). The largest absolute Gasteiger partial charge is 0.478 e. The summed E-state index contributed by atoms with van der Waals surface area (Å²) in [5.74, 6) is -1.55. The highest BCUT2D eigenvalue weighted by Crippen LogP contribution is 2.20. The first-order valence-corrected chi connectivity index (χ1v) is 4.38. The zero-order valence-electron chi connectivity index (χ0n) is 7.66. The molecular weight excluding hydrogens is 218 g/mol. The monoisotopic (exact) mass is 225 g/mol. The van der Waals surface area contributed by atoms with Gasteiger partial charge in [0, 0.05) is 5.69 Å². The summed E-state index contributed by atoms with van der Waals surface area (Å²) in [7, 11) is 0. The summed E-state index contributed by atoms with van der Waals surface area (Å²) in [4.78, 5) is 21.6. The van der Waals surface area contributed by atoms with Gasteiger partial charge in [0.05, 0.1) is 10.6 Å². The number of aromatic carboxylic acids is 1. The minimum Gasteiger partial charge on any atom is -0.478 e. The van der Waals surface area contributed by atoms with E-state index in [0.29, 0.717) is 5.69 Å². The number of carbonyl (C=O) groups is 2. The molecule has 0 aliphatic carbocycles. The number of benzene rings is 1. The molecule has 78 valence electrons. The Morgan fingerprint density at radius 2 is 2.13 bits per heavy atom. The van der Waals surface area contributed by atoms with E-state index < -0.39 is 11.9 Å². The van der Waals surface area contributed by atoms with Crippen LogP contribution in [0.25, 0.3) is 0 Å². The van der Waals surface area contributed by atoms with Crippen molar-refractivity contribution in [1.82, 2.24) is 0 Å². The lowest BCUT2D eigenvalue weighted by atomic mass is 10.2. The van der Waals surface area contributed by atoms with Crippen molar-refractivity contribution in [3.8, 4) is 0 Å². The van der Waals surface area contributed by atoms with Gasteiger partial charge in [-0.05, 0) is 24.3 Å². The van der Waals surface area contributed by atoms with E-state index in [1.807, 2.05) is 0 Å². The van der Waals surface area contributed by atoms with Gasteiger partial charge in [0.1, 0.15) is 0 Å². The fourth-order valence-corrected chi connectivity index (χ4v) is 1.16. The van der Waals surface area contributed by atoms with Crippen molar-refractivity contribution < 1.29 is 14.7 Å². The molecule has 0 fully saturated rings. The van der Waals surface area contributed by atoms with Crippen molar-refractivity contribution in [3.05, 3.63) is 41.4 Å². The maximum Gasteiger partial charge on any atom is 0.337 e. The molecule has 0 radical (unpaired) electrons. The van der Waals surface area contributed by atoms with Crippen LogP contribution in [0, 0.1) is 0 Å². The standard InChI is InChI=1S/C10H8ClNO3/c1-2-9(13)12-6-3-4-8(11)7(5-6)10(14)15/h2-5H,1H2,(H,12,13)(H,14,15). The number of nitrogens with one attached hydrogen (secondary N) is 1. The number of carbonyl (C=O) groups excluding carboxylic acids is 1. The number of hydrogen-bond donors (Lipinski definition) is 2. The molecule has 0 spiro atoms. The van der Waals surface area contributed by atoms with Crippen LogP contribution in [0.5, 0.6) is 0 Å². The van der Waals surface area contributed by atoms with Gasteiger partial charge in [0.2, 0.25) is 5.91 Å². The second-order valence-corrected chi connectivity index (χ2v) is 3.10. The van der Waals surface area contributed by atoms with Crippen molar-refractivity contribution in [2.75, 3.05) is 5.32 Å². The van der Waals surface area contributed by atoms with E-state index >= 15 is 0 Å². The van der Waals surface area contributed by atoms with E-state index in [-0.39, 0.29) is 10.6 Å². The highest BCUT2D eigenvalue weighted by atomic mass is 35.5. The summed E-state index contributed by atoms with van der Waals surface area (Å²) in [6, 6.07) is 4.20. The number of rotatable bonds is 3. The van der Waals surface area contributed by atoms with E-state index in [2.05, 4.69) is 11.9 Å². The van der Waals surface area contributed by atoms with E-state index in [4.69, 9.17) is 16.7 Å². The van der Waals surface area contributed by atoms with Crippen LogP contribution in [0.2, 0.25) is 5.02 Å². The van der Waals surface area contributed by atoms with Gasteiger partial charge in [-0.15, -0.1) is 0 Å². The van der Waals surface area contributed by atoms with Crippen molar-refractivity contribution in [1.29, 1.82) is 0 Å². The van der Waals surface area contributed by atoms with Gasteiger partial charge < -0.3 is 10.4 Å². The van der Waals surface area contributed by atoms with Gasteiger partial charge >= 0.3 is 5.97 Å². The minimum atomic E-state index is -1.14. The average molecular weight is 226 g/mol. The van der Waals surface area contributed by atoms with Crippen LogP contribution in [0.3, 0.4) is 0 Å². The van der Waals surface area contributed by atoms with Gasteiger partial charge in [-0.3, -0.25) is 4.79 Å². The predicted molar refractivity (Wildman–Crippen MR) is 57.2 cm³/mol. The maximum absolute atomic E-state index is 10.9. The fraction of sp³-hybridized carbons (Fsp3) is 0. The van der Waals surface area contributed by atoms with Crippen LogP contribution in [-0.4, -0.2) is 17.0 Å². The highest BCUT2D eigenvalue weighted by molar-refractivity contribution is 6.33. The van der Waals surface area contributed by atoms with Crippen LogP contribution in [0.4, 0.5) is 5.69 Å². The second kappa shape index (κ2) is 4.61. The van der Waals surface area contributed by atoms with Gasteiger partial charge in [0.25, 0.3) is 0 Å². The third-order valence-corrected chi connectivity index (χ3v) is 1.98. The Labute approximate surface area is 91.2 Å². The quantitative estimate of drug-likeness (QED) is 0.775. The minimum absolute atomic E-state index is 0.0569. The number of hydrogen-bond acceptors (Lipinski definition) is 2. The molecule has 0 aliphatic rings. The Morgan fingerprint density at radius 1 is 1.47 bits per heavy atom. The SMILES string of the molecule is C=CC(=O)Nc1ccc(Cl)c(C(=O)O)c1. The molecule has 15 heavy (non-hydrogen) atoms. The van der Waals surface area contributed by atoms with E-state index in [9.17, 15) is 9.59 Å². The highest BCUT2D eigenvalue weighted by Gasteiger charge is 2.09. The molecule has 0 aliphatic heterocycles. The number of carboxylic acids is 1. The zero-order chi connectivity index (χ0) is 11.4. The summed E-state index contributed by atoms with van der Waals surface area (Å²) in [5.41, 5.74) is 0.306. The Balaban J connectivity index is 3.02. The van der Waals surface area contributed by atoms with Crippen molar-refractivity contribution in [2.24, 2.45) is 0 Å². The smallest absolute Gasteiger partial charge is 0.337 e. The lowest BCUT2D eigenvalue weighted by Crippen LogP contribution is -2.08. The van der Waals surface area contributed by atoms with Crippen molar-refractivity contribution in [2.45, 2.75) is 0 Å². The van der Waals surface area contributed by atoms with E-state index in [1.54, 1.807) is 0 Å². The van der Waals surface area contributed by atoms with Crippen LogP contribution in [0.1, 0.15) is 10.4 Å². The lowest BCUT2D eigenvalue weighted by molar-refractivity contribution is -0.111. The molecule has 2 N–H and O–H groups in total. The molecule has 0 atom stereocenters. The molecule has 0 heterocycles. The molecule has 0 aromatic heterocycles. The number of amides is 1. The summed E-state index contributed by atoms with van der Waals surface area (Å²) in [6.45, 7) is 3.28. The molecule has 1 amide bonds. The number of halogens is 1. The number of carboxylic acid groups (broad SMARTS) is 1. The summed E-state index contributed by atoms with van der Waals surface area (Å²) in [5, 5.41) is 11.3. The Kier molecular flexibility index (Phi) is 3.46. The molecule has 0 saturated heterocycles. The summed E-state index contributed by atoms with van der Waals surface area (Å²) < 4.78 is 0. The van der Waals surface area contributed by atoms with E-state index in [0.717, 1.165) is 6.08 Å². The molecular formula is C10H8ClNO3. The zero-order valence-corrected chi connectivity index (χ0v) is 8.41. The Morgan fingerprint density at radius 3 is 2.67 bits per heavy atom. The summed E-state index contributed by atoms with van der Waals surface area (Å²) >= 11 is 5.65. The van der Waals surface area contributed by atoms with Gasteiger partial charge in [-0.1, -0.05) is 18.2 Å². The number of anilines is 1. The lowest BCUT2D eigenvalue weighted by Gasteiger charge is -2.04. The third kappa shape index (κ3) is 2.82. The molecule has 0 unspecified atom stereocenters. The fourth-order valence-electron chi connectivity index (χ4n) is 0.960. The molecule has 1 aromatic carbocycles. The molecule has 1 aromatic rings. The van der Waals surface area contributed by atoms with Crippen LogP contribution in [0.15, 0.2) is 30.9 Å². The molecule has 0 bridgehead atoms. The predicted octanol–water partition coefficient (Wildman–Crippen LogP) is 2.16. The molecule has 0 saturated carbocycles. The van der Waals surface area contributed by atoms with Gasteiger partial charge in [0.15, 0.2) is 0 Å². The third-order valence-electron chi connectivity index (χ3n) is 1.65. The van der Waals surface area contributed by atoms with Crippen molar-refractivity contribution in [3.63, 3.8) is 0 Å². The first-order valence-electron chi connectivity index (χ1n) is 4.01. The first kappa shape index (κ1) is 11.3. The first-order chi connectivity index (χ1) is 7.04. The topological polar surface area (TPSA) is 66.4 Å². The van der Waals surface area contributed by atoms with Crippen LogP contribution in [-0.2, 0) is 4.79 Å². The normalized spacial score (nSPS) is 9.40. The van der Waals surface area contributed by atoms with Crippen LogP contribution >= 0.6 is 11.6 Å². The molecule has 4 nitrogen and oxygen atoms in total. The Hall–Kier alpha value is -1.81. The molecule has 5 heteroatoms. The van der Waals surface area contributed by atoms with Crippen molar-refractivity contribution >= 4 is 29.2 Å². The summed E-state index contributed by atoms with van der Waals surface area (Å²) in [6.07, 6.45) is 1.09.